The van der Waals surface area contributed by atoms with Crippen LogP contribution < -0.4 is 21.9 Å². The van der Waals surface area contributed by atoms with E-state index >= 15 is 0 Å². The first-order valence-electron chi connectivity index (χ1n) is 7.36. The standard InChI is InChI=1S/C16H11ClFN5O3S/c17-8-2-4-11-12(6-8)27-16(21-11)23-22-15(26)14(25)20-10-3-1-7(13(19)24)5-9(10)18/h1-6H,(H2,19,24)(H,20,25)(H,21,23)(H,22,26). The van der Waals surface area contributed by atoms with Gasteiger partial charge in [0.2, 0.25) is 11.0 Å². The quantitative estimate of drug-likeness (QED) is 0.390. The Morgan fingerprint density at radius 3 is 2.59 bits per heavy atom. The minimum absolute atomic E-state index is 0.0624. The number of anilines is 2. The highest BCUT2D eigenvalue weighted by Gasteiger charge is 2.17. The summed E-state index contributed by atoms with van der Waals surface area (Å²) in [6.45, 7) is 0. The highest BCUT2D eigenvalue weighted by molar-refractivity contribution is 7.22. The van der Waals surface area contributed by atoms with E-state index in [0.29, 0.717) is 15.7 Å². The van der Waals surface area contributed by atoms with Crippen molar-refractivity contribution < 1.29 is 18.8 Å². The molecule has 138 valence electrons. The topological polar surface area (TPSA) is 126 Å². The third-order valence-corrected chi connectivity index (χ3v) is 4.51. The first kappa shape index (κ1) is 18.5. The van der Waals surface area contributed by atoms with Crippen LogP contribution in [0.2, 0.25) is 5.02 Å². The maximum Gasteiger partial charge on any atom is 0.328 e. The Labute approximate surface area is 160 Å². The van der Waals surface area contributed by atoms with Gasteiger partial charge in [0.05, 0.1) is 15.9 Å². The molecule has 0 aliphatic heterocycles. The average molecular weight is 408 g/mol. The number of hydrogen-bond acceptors (Lipinski definition) is 6. The van der Waals surface area contributed by atoms with Gasteiger partial charge < -0.3 is 11.1 Å². The molecule has 1 aromatic heterocycles. The van der Waals surface area contributed by atoms with Crippen molar-refractivity contribution in [3.63, 3.8) is 0 Å². The van der Waals surface area contributed by atoms with Gasteiger partial charge in [0.15, 0.2) is 0 Å². The number of nitrogens with zero attached hydrogens (tertiary/aromatic N) is 1. The van der Waals surface area contributed by atoms with E-state index in [2.05, 4.69) is 21.2 Å². The summed E-state index contributed by atoms with van der Waals surface area (Å²) in [5, 5.41) is 2.98. The molecule has 0 atom stereocenters. The molecule has 11 heteroatoms. The van der Waals surface area contributed by atoms with E-state index < -0.39 is 23.5 Å². The van der Waals surface area contributed by atoms with Crippen LogP contribution in [-0.4, -0.2) is 22.7 Å². The monoisotopic (exact) mass is 407 g/mol. The largest absolute Gasteiger partial charge is 0.366 e. The lowest BCUT2D eigenvalue weighted by molar-refractivity contribution is -0.135. The molecule has 0 unspecified atom stereocenters. The van der Waals surface area contributed by atoms with Gasteiger partial charge in [0.1, 0.15) is 5.82 Å². The molecule has 27 heavy (non-hydrogen) atoms. The molecule has 3 aromatic rings. The number of thiazole rings is 1. The normalized spacial score (nSPS) is 10.4. The van der Waals surface area contributed by atoms with E-state index in [1.807, 2.05) is 0 Å². The van der Waals surface area contributed by atoms with Crippen molar-refractivity contribution in [2.24, 2.45) is 5.73 Å². The van der Waals surface area contributed by atoms with Crippen LogP contribution >= 0.6 is 22.9 Å². The second kappa shape index (κ2) is 7.56. The highest BCUT2D eigenvalue weighted by atomic mass is 35.5. The summed E-state index contributed by atoms with van der Waals surface area (Å²) in [5.74, 6) is -3.89. The van der Waals surface area contributed by atoms with Gasteiger partial charge >= 0.3 is 11.8 Å². The number of primary amides is 1. The van der Waals surface area contributed by atoms with E-state index in [1.165, 1.54) is 17.4 Å². The molecule has 0 fully saturated rings. The zero-order valence-electron chi connectivity index (χ0n) is 13.4. The van der Waals surface area contributed by atoms with Crippen molar-refractivity contribution in [2.45, 2.75) is 0 Å². The van der Waals surface area contributed by atoms with Crippen LogP contribution in [0.4, 0.5) is 15.2 Å². The fourth-order valence-corrected chi connectivity index (χ4v) is 3.16. The van der Waals surface area contributed by atoms with E-state index in [4.69, 9.17) is 17.3 Å². The molecular weight excluding hydrogens is 397 g/mol. The van der Waals surface area contributed by atoms with E-state index in [1.54, 1.807) is 18.2 Å². The summed E-state index contributed by atoms with van der Waals surface area (Å²) in [6.07, 6.45) is 0. The van der Waals surface area contributed by atoms with Gasteiger partial charge in [0.25, 0.3) is 0 Å². The maximum atomic E-state index is 13.8. The van der Waals surface area contributed by atoms with Crippen LogP contribution in [0.3, 0.4) is 0 Å². The molecule has 3 amide bonds. The summed E-state index contributed by atoms with van der Waals surface area (Å²) < 4.78 is 14.6. The van der Waals surface area contributed by atoms with Gasteiger partial charge in [-0.25, -0.2) is 9.37 Å². The number of nitrogens with one attached hydrogen (secondary N) is 3. The molecule has 8 nitrogen and oxygen atoms in total. The zero-order chi connectivity index (χ0) is 19.6. The Bertz CT molecular complexity index is 1070. The van der Waals surface area contributed by atoms with Gasteiger partial charge in [-0.05, 0) is 36.4 Å². The summed E-state index contributed by atoms with van der Waals surface area (Å²) in [5.41, 5.74) is 10.0. The van der Waals surface area contributed by atoms with Gasteiger partial charge in [-0.1, -0.05) is 22.9 Å². The summed E-state index contributed by atoms with van der Waals surface area (Å²) >= 11 is 7.11. The number of carbonyl (C=O) groups excluding carboxylic acids is 3. The van der Waals surface area contributed by atoms with E-state index in [-0.39, 0.29) is 11.3 Å². The molecule has 0 saturated heterocycles. The SMILES string of the molecule is NC(=O)c1ccc(NC(=O)C(=O)NNc2nc3ccc(Cl)cc3s2)c(F)c1. The summed E-state index contributed by atoms with van der Waals surface area (Å²) in [7, 11) is 0. The third kappa shape index (κ3) is 4.30. The number of nitrogens with two attached hydrogens (primary N) is 1. The van der Waals surface area contributed by atoms with Gasteiger partial charge in [-0.3, -0.25) is 25.2 Å². The Morgan fingerprint density at radius 1 is 1.11 bits per heavy atom. The van der Waals surface area contributed by atoms with Crippen molar-refractivity contribution in [1.82, 2.24) is 10.4 Å². The number of amides is 3. The molecule has 5 N–H and O–H groups in total. The lowest BCUT2D eigenvalue weighted by Crippen LogP contribution is -2.38. The molecule has 0 spiro atoms. The number of hydrogen-bond donors (Lipinski definition) is 4. The highest BCUT2D eigenvalue weighted by Crippen LogP contribution is 2.27. The maximum absolute atomic E-state index is 13.8. The fourth-order valence-electron chi connectivity index (χ4n) is 2.07. The summed E-state index contributed by atoms with van der Waals surface area (Å²) in [4.78, 5) is 38.9. The average Bonchev–Trinajstić information content (AvgIpc) is 3.03. The van der Waals surface area contributed by atoms with Crippen LogP contribution in [0.25, 0.3) is 10.2 Å². The number of benzene rings is 2. The number of halogens is 2. The predicted molar refractivity (Wildman–Crippen MR) is 99.9 cm³/mol. The minimum atomic E-state index is -1.11. The lowest BCUT2D eigenvalue weighted by Gasteiger charge is -2.08. The molecule has 2 aromatic carbocycles. The minimum Gasteiger partial charge on any atom is -0.366 e. The van der Waals surface area contributed by atoms with E-state index in [9.17, 15) is 18.8 Å². The van der Waals surface area contributed by atoms with Gasteiger partial charge in [-0.2, -0.15) is 0 Å². The van der Waals surface area contributed by atoms with Gasteiger partial charge in [-0.15, -0.1) is 0 Å². The van der Waals surface area contributed by atoms with Crippen LogP contribution in [0.15, 0.2) is 36.4 Å². The molecule has 0 saturated carbocycles. The molecule has 0 aliphatic rings. The number of fused-ring (bicyclic) bond motifs is 1. The number of aromatic nitrogens is 1. The van der Waals surface area contributed by atoms with Crippen LogP contribution in [0.1, 0.15) is 10.4 Å². The summed E-state index contributed by atoms with van der Waals surface area (Å²) in [6, 6.07) is 8.33. The van der Waals surface area contributed by atoms with Crippen molar-refractivity contribution in [1.29, 1.82) is 0 Å². The Morgan fingerprint density at radius 2 is 1.89 bits per heavy atom. The Balaban J connectivity index is 1.62. The lowest BCUT2D eigenvalue weighted by atomic mass is 10.2. The number of hydrazine groups is 1. The Hall–Kier alpha value is -3.24. The van der Waals surface area contributed by atoms with Crippen LogP contribution in [0.5, 0.6) is 0 Å². The van der Waals surface area contributed by atoms with Crippen LogP contribution in [0, 0.1) is 5.82 Å². The molecular formula is C16H11ClFN5O3S. The molecule has 3 rings (SSSR count). The van der Waals surface area contributed by atoms with Crippen molar-refractivity contribution >= 4 is 61.7 Å². The third-order valence-electron chi connectivity index (χ3n) is 3.34. The second-order valence-electron chi connectivity index (χ2n) is 5.22. The molecule has 1 heterocycles. The van der Waals surface area contributed by atoms with E-state index in [0.717, 1.165) is 16.8 Å². The van der Waals surface area contributed by atoms with Crippen molar-refractivity contribution in [3.8, 4) is 0 Å². The van der Waals surface area contributed by atoms with Crippen molar-refractivity contribution in [2.75, 3.05) is 10.7 Å². The van der Waals surface area contributed by atoms with Crippen LogP contribution in [-0.2, 0) is 9.59 Å². The molecule has 0 aliphatic carbocycles. The molecule has 0 bridgehead atoms. The number of carbonyl (C=O) groups is 3. The zero-order valence-corrected chi connectivity index (χ0v) is 15.0. The number of rotatable bonds is 4. The first-order chi connectivity index (χ1) is 12.8. The predicted octanol–water partition coefficient (Wildman–Crippen LogP) is 2.27. The Kier molecular flexibility index (Phi) is 5.19. The van der Waals surface area contributed by atoms with Crippen molar-refractivity contribution in [3.05, 3.63) is 52.8 Å². The first-order valence-corrected chi connectivity index (χ1v) is 8.56. The second-order valence-corrected chi connectivity index (χ2v) is 6.69. The fraction of sp³-hybridized carbons (Fsp3) is 0. The molecule has 0 radical (unpaired) electrons. The smallest absolute Gasteiger partial charge is 0.328 e. The van der Waals surface area contributed by atoms with Gasteiger partial charge in [0, 0.05) is 10.6 Å².